The van der Waals surface area contributed by atoms with Crippen LogP contribution in [-0.2, 0) is 4.79 Å². The third-order valence-electron chi connectivity index (χ3n) is 2.58. The molecule has 4 nitrogen and oxygen atoms in total. The number of benzene rings is 1. The van der Waals surface area contributed by atoms with E-state index in [-0.39, 0.29) is 5.37 Å². The molecule has 0 aromatic heterocycles. The molecular weight excluding hydrogens is 226 g/mol. The number of hydrogen-bond acceptors (Lipinski definition) is 4. The number of carbonyl (C=O) groups is 1. The van der Waals surface area contributed by atoms with Gasteiger partial charge in [0.25, 0.3) is 0 Å². The Morgan fingerprint density at radius 2 is 2.19 bits per heavy atom. The number of nitrogens with two attached hydrogens (primary N) is 1. The van der Waals surface area contributed by atoms with Gasteiger partial charge in [0.2, 0.25) is 0 Å². The number of methoxy groups -OCH3 is 1. The molecule has 2 N–H and O–H groups in total. The fourth-order valence-electron chi connectivity index (χ4n) is 1.70. The van der Waals surface area contributed by atoms with Crippen LogP contribution in [0.4, 0.5) is 0 Å². The van der Waals surface area contributed by atoms with E-state index in [0.29, 0.717) is 6.54 Å². The largest absolute Gasteiger partial charge is 0.549 e. The maximum absolute atomic E-state index is 10.7. The fraction of sp³-hybridized carbons (Fsp3) is 0.364. The lowest BCUT2D eigenvalue weighted by Gasteiger charge is -2.08. The highest BCUT2D eigenvalue weighted by Gasteiger charge is 2.30. The third kappa shape index (κ3) is 2.31. The number of rotatable bonds is 3. The van der Waals surface area contributed by atoms with Gasteiger partial charge in [0, 0.05) is 5.56 Å². The summed E-state index contributed by atoms with van der Waals surface area (Å²) in [6, 6.07) is 7.70. The van der Waals surface area contributed by atoms with E-state index in [4.69, 9.17) is 4.74 Å². The van der Waals surface area contributed by atoms with Gasteiger partial charge in [-0.05, 0) is 24.3 Å². The molecule has 5 heteroatoms. The summed E-state index contributed by atoms with van der Waals surface area (Å²) in [4.78, 5) is 10.7. The minimum atomic E-state index is -0.975. The molecule has 2 rings (SSSR count). The molecular formula is C11H13NO3S. The molecule has 0 spiro atoms. The average Bonchev–Trinajstić information content (AvgIpc) is 2.78. The molecule has 1 aromatic carbocycles. The molecule has 1 saturated heterocycles. The molecule has 0 bridgehead atoms. The van der Waals surface area contributed by atoms with Crippen LogP contribution in [0.1, 0.15) is 10.9 Å². The highest BCUT2D eigenvalue weighted by atomic mass is 32.2. The second kappa shape index (κ2) is 4.76. The minimum Gasteiger partial charge on any atom is -0.549 e. The lowest BCUT2D eigenvalue weighted by atomic mass is 10.2. The Kier molecular flexibility index (Phi) is 3.36. The Morgan fingerprint density at radius 3 is 2.69 bits per heavy atom. The summed E-state index contributed by atoms with van der Waals surface area (Å²) < 4.78 is 5.07. The van der Waals surface area contributed by atoms with Gasteiger partial charge in [-0.15, -0.1) is 0 Å². The van der Waals surface area contributed by atoms with E-state index in [1.54, 1.807) is 7.11 Å². The molecule has 1 aliphatic rings. The Labute approximate surface area is 98.0 Å². The Balaban J connectivity index is 2.05. The maximum atomic E-state index is 10.7. The number of aliphatic carboxylic acids is 1. The van der Waals surface area contributed by atoms with Crippen molar-refractivity contribution in [3.63, 3.8) is 0 Å². The molecule has 16 heavy (non-hydrogen) atoms. The zero-order valence-electron chi connectivity index (χ0n) is 8.88. The van der Waals surface area contributed by atoms with Crippen molar-refractivity contribution >= 4 is 17.7 Å². The summed E-state index contributed by atoms with van der Waals surface area (Å²) >= 11 is 1.43. The van der Waals surface area contributed by atoms with Crippen molar-refractivity contribution in [2.75, 3.05) is 13.7 Å². The van der Waals surface area contributed by atoms with Gasteiger partial charge in [0.05, 0.1) is 24.9 Å². The monoisotopic (exact) mass is 239 g/mol. The number of thioether (sulfide) groups is 1. The third-order valence-corrected chi connectivity index (χ3v) is 4.05. The quantitative estimate of drug-likeness (QED) is 0.744. The molecule has 0 saturated carbocycles. The average molecular weight is 239 g/mol. The SMILES string of the molecule is COc1ccc(C2[NH2+]CC(C(=O)[O-])S2)cc1. The van der Waals surface area contributed by atoms with Gasteiger partial charge in [-0.25, -0.2) is 0 Å². The summed E-state index contributed by atoms with van der Waals surface area (Å²) in [7, 11) is 1.62. The lowest BCUT2D eigenvalue weighted by Crippen LogP contribution is -2.82. The van der Waals surface area contributed by atoms with Crippen molar-refractivity contribution < 1.29 is 20.0 Å². The first-order valence-electron chi connectivity index (χ1n) is 5.04. The Hall–Kier alpha value is -1.20. The molecule has 0 aliphatic carbocycles. The van der Waals surface area contributed by atoms with Crippen LogP contribution in [0.3, 0.4) is 0 Å². The smallest absolute Gasteiger partial charge is 0.159 e. The van der Waals surface area contributed by atoms with Crippen LogP contribution in [0.5, 0.6) is 5.75 Å². The van der Waals surface area contributed by atoms with Gasteiger partial charge in [-0.1, -0.05) is 11.8 Å². The zero-order valence-corrected chi connectivity index (χ0v) is 9.70. The van der Waals surface area contributed by atoms with Crippen LogP contribution in [0, 0.1) is 0 Å². The summed E-state index contributed by atoms with van der Waals surface area (Å²) in [5.41, 5.74) is 1.11. The first-order chi connectivity index (χ1) is 7.70. The molecule has 0 radical (unpaired) electrons. The van der Waals surface area contributed by atoms with Crippen molar-refractivity contribution in [1.29, 1.82) is 0 Å². The molecule has 1 fully saturated rings. The van der Waals surface area contributed by atoms with E-state index in [9.17, 15) is 9.90 Å². The second-order valence-electron chi connectivity index (χ2n) is 3.61. The van der Waals surface area contributed by atoms with Crippen molar-refractivity contribution in [3.05, 3.63) is 29.8 Å². The number of carboxylic acid groups (broad SMARTS) is 1. The van der Waals surface area contributed by atoms with E-state index in [1.807, 2.05) is 29.6 Å². The summed E-state index contributed by atoms with van der Waals surface area (Å²) in [6.07, 6.45) is 0. The summed E-state index contributed by atoms with van der Waals surface area (Å²) in [5, 5.41) is 12.5. The van der Waals surface area contributed by atoms with E-state index < -0.39 is 11.2 Å². The van der Waals surface area contributed by atoms with Crippen molar-refractivity contribution in [2.24, 2.45) is 0 Å². The maximum Gasteiger partial charge on any atom is 0.159 e. The van der Waals surface area contributed by atoms with Gasteiger partial charge < -0.3 is 20.0 Å². The number of carboxylic acids is 1. The zero-order chi connectivity index (χ0) is 11.5. The molecule has 1 aliphatic heterocycles. The fourth-order valence-corrected chi connectivity index (χ4v) is 2.92. The first-order valence-corrected chi connectivity index (χ1v) is 5.98. The highest BCUT2D eigenvalue weighted by molar-refractivity contribution is 8.00. The number of ether oxygens (including phenoxy) is 1. The van der Waals surface area contributed by atoms with Crippen molar-refractivity contribution in [1.82, 2.24) is 0 Å². The van der Waals surface area contributed by atoms with Gasteiger partial charge >= 0.3 is 0 Å². The van der Waals surface area contributed by atoms with Crippen LogP contribution in [-0.4, -0.2) is 24.9 Å². The first kappa shape index (κ1) is 11.3. The molecule has 2 unspecified atom stereocenters. The van der Waals surface area contributed by atoms with Crippen LogP contribution >= 0.6 is 11.8 Å². The number of carbonyl (C=O) groups excluding carboxylic acids is 1. The van der Waals surface area contributed by atoms with E-state index in [1.165, 1.54) is 11.8 Å². The van der Waals surface area contributed by atoms with E-state index in [0.717, 1.165) is 11.3 Å². The van der Waals surface area contributed by atoms with Gasteiger partial charge in [0.1, 0.15) is 5.75 Å². The molecule has 1 heterocycles. The molecule has 2 atom stereocenters. The highest BCUT2D eigenvalue weighted by Crippen LogP contribution is 2.30. The van der Waals surface area contributed by atoms with Crippen LogP contribution in [0.15, 0.2) is 24.3 Å². The van der Waals surface area contributed by atoms with Gasteiger partial charge in [-0.3, -0.25) is 0 Å². The molecule has 86 valence electrons. The summed E-state index contributed by atoms with van der Waals surface area (Å²) in [6.45, 7) is 0.573. The topological polar surface area (TPSA) is 66.0 Å². The molecule has 0 amide bonds. The van der Waals surface area contributed by atoms with Gasteiger partial charge in [-0.2, -0.15) is 0 Å². The predicted molar refractivity (Wildman–Crippen MR) is 58.9 cm³/mol. The van der Waals surface area contributed by atoms with Crippen LogP contribution < -0.4 is 15.2 Å². The Bertz CT molecular complexity index is 379. The normalized spacial score (nSPS) is 24.3. The summed E-state index contributed by atoms with van der Waals surface area (Å²) in [5.74, 6) is -0.166. The van der Waals surface area contributed by atoms with Crippen molar-refractivity contribution in [3.8, 4) is 5.75 Å². The minimum absolute atomic E-state index is 0.147. The van der Waals surface area contributed by atoms with Crippen LogP contribution in [0.2, 0.25) is 0 Å². The molecule has 1 aromatic rings. The van der Waals surface area contributed by atoms with Gasteiger partial charge in [0.15, 0.2) is 5.37 Å². The standard InChI is InChI=1S/C11H13NO3S/c1-15-8-4-2-7(3-5-8)10-12-6-9(16-10)11(13)14/h2-5,9-10,12H,6H2,1H3,(H,13,14). The number of quaternary nitrogens is 1. The van der Waals surface area contributed by atoms with Crippen LogP contribution in [0.25, 0.3) is 0 Å². The Morgan fingerprint density at radius 1 is 1.50 bits per heavy atom. The van der Waals surface area contributed by atoms with E-state index in [2.05, 4.69) is 0 Å². The lowest BCUT2D eigenvalue weighted by molar-refractivity contribution is -0.665. The van der Waals surface area contributed by atoms with E-state index >= 15 is 0 Å². The second-order valence-corrected chi connectivity index (χ2v) is 4.96. The predicted octanol–water partition coefficient (Wildman–Crippen LogP) is -0.877. The van der Waals surface area contributed by atoms with Crippen molar-refractivity contribution in [2.45, 2.75) is 10.6 Å². The number of hydrogen-bond donors (Lipinski definition) is 1.